The second kappa shape index (κ2) is 7.77. The molecule has 0 spiro atoms. The van der Waals surface area contributed by atoms with E-state index < -0.39 is 0 Å². The molecule has 2 aliphatic heterocycles. The normalized spacial score (nSPS) is 20.9. The maximum absolute atomic E-state index is 6.04. The van der Waals surface area contributed by atoms with E-state index >= 15 is 0 Å². The minimum Gasteiger partial charge on any atom is -0.370 e. The number of rotatable bonds is 4. The van der Waals surface area contributed by atoms with Crippen LogP contribution in [0, 0.1) is 0 Å². The zero-order valence-electron chi connectivity index (χ0n) is 18.1. The summed E-state index contributed by atoms with van der Waals surface area (Å²) in [4.78, 5) is 12.4. The van der Waals surface area contributed by atoms with E-state index in [0.29, 0.717) is 6.04 Å². The molecule has 0 N–H and O–H groups in total. The third-order valence-electron chi connectivity index (χ3n) is 7.01. The summed E-state index contributed by atoms with van der Waals surface area (Å²) in [5.41, 5.74) is 4.64. The van der Waals surface area contributed by atoms with E-state index in [4.69, 9.17) is 14.7 Å². The van der Waals surface area contributed by atoms with Crippen LogP contribution in [0.25, 0.3) is 22.1 Å². The Morgan fingerprint density at radius 3 is 2.32 bits per heavy atom. The molecule has 6 rings (SSSR count). The van der Waals surface area contributed by atoms with Crippen LogP contribution in [-0.4, -0.2) is 43.7 Å². The van der Waals surface area contributed by atoms with Crippen LogP contribution >= 0.6 is 0 Å². The van der Waals surface area contributed by atoms with Gasteiger partial charge >= 0.3 is 0 Å². The zero-order valence-corrected chi connectivity index (χ0v) is 18.1. The van der Waals surface area contributed by atoms with E-state index in [9.17, 15) is 0 Å². The van der Waals surface area contributed by atoms with Crippen molar-refractivity contribution in [1.29, 1.82) is 0 Å². The highest BCUT2D eigenvalue weighted by Crippen LogP contribution is 2.36. The van der Waals surface area contributed by atoms with Gasteiger partial charge in [0.1, 0.15) is 17.8 Å². The van der Waals surface area contributed by atoms with Crippen molar-refractivity contribution >= 4 is 22.1 Å². The van der Waals surface area contributed by atoms with Gasteiger partial charge in [-0.15, -0.1) is 0 Å². The van der Waals surface area contributed by atoms with Gasteiger partial charge in [0, 0.05) is 32.8 Å². The maximum Gasteiger partial charge on any atom is 0.139 e. The first-order chi connectivity index (χ1) is 15.3. The first-order valence-electron chi connectivity index (χ1n) is 11.5. The van der Waals surface area contributed by atoms with Crippen molar-refractivity contribution in [3.8, 4) is 0 Å². The lowest BCUT2D eigenvalue weighted by Crippen LogP contribution is -2.35. The Bertz CT molecular complexity index is 1210. The molecule has 4 aromatic rings. The van der Waals surface area contributed by atoms with Crippen molar-refractivity contribution in [2.24, 2.45) is 7.05 Å². The number of likely N-dealkylation sites (tertiary alicyclic amines) is 1. The van der Waals surface area contributed by atoms with Crippen LogP contribution in [0.5, 0.6) is 0 Å². The molecule has 4 heterocycles. The highest BCUT2D eigenvalue weighted by molar-refractivity contribution is 5.76. The molecule has 0 aliphatic carbocycles. The van der Waals surface area contributed by atoms with Gasteiger partial charge in [-0.2, -0.15) is 0 Å². The Balaban J connectivity index is 1.23. The topological polar surface area (TPSA) is 48.1 Å². The molecule has 160 valence electrons. The number of imidazole rings is 2. The number of benzene rings is 2. The van der Waals surface area contributed by atoms with Crippen molar-refractivity contribution in [2.75, 3.05) is 19.7 Å². The average molecular weight is 416 g/mol. The molecule has 0 amide bonds. The lowest BCUT2D eigenvalue weighted by Gasteiger charge is -2.33. The van der Waals surface area contributed by atoms with Gasteiger partial charge in [0.2, 0.25) is 0 Å². The first kappa shape index (κ1) is 19.0. The molecular formula is C25H29N5O. The second-order valence-electron chi connectivity index (χ2n) is 8.91. The predicted molar refractivity (Wildman–Crippen MR) is 122 cm³/mol. The smallest absolute Gasteiger partial charge is 0.139 e. The molecule has 2 aromatic carbocycles. The van der Waals surface area contributed by atoms with E-state index in [1.165, 1.54) is 11.0 Å². The predicted octanol–water partition coefficient (Wildman–Crippen LogP) is 4.61. The molecule has 1 atom stereocenters. The largest absolute Gasteiger partial charge is 0.370 e. The molecule has 0 saturated carbocycles. The van der Waals surface area contributed by atoms with Crippen LogP contribution in [0.2, 0.25) is 0 Å². The summed E-state index contributed by atoms with van der Waals surface area (Å²) in [5, 5.41) is 0. The Labute approximate surface area is 182 Å². The maximum atomic E-state index is 6.04. The summed E-state index contributed by atoms with van der Waals surface area (Å²) in [6, 6.07) is 17.4. The molecule has 1 unspecified atom stereocenters. The fraction of sp³-hybridized carbons (Fsp3) is 0.440. The number of hydrogen-bond acceptors (Lipinski definition) is 4. The average Bonchev–Trinajstić information content (AvgIpc) is 3.53. The van der Waals surface area contributed by atoms with Crippen molar-refractivity contribution in [3.63, 3.8) is 0 Å². The van der Waals surface area contributed by atoms with Crippen molar-refractivity contribution in [1.82, 2.24) is 24.0 Å². The minimum atomic E-state index is 0.144. The lowest BCUT2D eigenvalue weighted by atomic mass is 10.0. The Morgan fingerprint density at radius 2 is 1.61 bits per heavy atom. The molecule has 2 fully saturated rings. The van der Waals surface area contributed by atoms with Crippen LogP contribution in [0.1, 0.15) is 49.5 Å². The number of piperidine rings is 1. The van der Waals surface area contributed by atoms with Crippen molar-refractivity contribution < 1.29 is 4.74 Å². The van der Waals surface area contributed by atoms with E-state index in [0.717, 1.165) is 74.6 Å². The number of fused-ring (bicyclic) bond motifs is 2. The highest BCUT2D eigenvalue weighted by Gasteiger charge is 2.30. The minimum absolute atomic E-state index is 0.144. The molecule has 6 nitrogen and oxygen atoms in total. The fourth-order valence-electron chi connectivity index (χ4n) is 5.33. The number of aromatic nitrogens is 4. The van der Waals surface area contributed by atoms with Crippen LogP contribution in [0.15, 0.2) is 48.5 Å². The van der Waals surface area contributed by atoms with E-state index in [1.807, 2.05) is 0 Å². The highest BCUT2D eigenvalue weighted by atomic mass is 16.5. The van der Waals surface area contributed by atoms with Gasteiger partial charge < -0.3 is 13.9 Å². The molecule has 31 heavy (non-hydrogen) atoms. The van der Waals surface area contributed by atoms with Gasteiger partial charge in [-0.05, 0) is 49.9 Å². The van der Waals surface area contributed by atoms with E-state index in [-0.39, 0.29) is 6.10 Å². The van der Waals surface area contributed by atoms with Crippen molar-refractivity contribution in [2.45, 2.75) is 44.4 Å². The lowest BCUT2D eigenvalue weighted by molar-refractivity contribution is 0.0969. The van der Waals surface area contributed by atoms with Crippen molar-refractivity contribution in [3.05, 3.63) is 60.2 Å². The van der Waals surface area contributed by atoms with Gasteiger partial charge in [0.25, 0.3) is 0 Å². The Kier molecular flexibility index (Phi) is 4.77. The monoisotopic (exact) mass is 415 g/mol. The Morgan fingerprint density at radius 1 is 0.903 bits per heavy atom. The third-order valence-corrected chi connectivity index (χ3v) is 7.01. The second-order valence-corrected chi connectivity index (χ2v) is 8.91. The molecule has 2 aliphatic rings. The quantitative estimate of drug-likeness (QED) is 0.488. The standard InChI is InChI=1S/C25H29N5O/c1-28-21-9-4-2-7-19(21)26-24(28)17-29-14-12-18(13-15-29)30-22-10-5-3-8-20(22)27-25(30)23-11-6-16-31-23/h2-5,7-10,18,23H,6,11-17H2,1H3. The Hall–Kier alpha value is -2.70. The zero-order chi connectivity index (χ0) is 20.8. The number of aryl methyl sites for hydroxylation is 1. The van der Waals surface area contributed by atoms with Crippen LogP contribution in [-0.2, 0) is 18.3 Å². The molecule has 0 radical (unpaired) electrons. The molecule has 0 bridgehead atoms. The molecule has 6 heteroatoms. The van der Waals surface area contributed by atoms with Gasteiger partial charge in [-0.3, -0.25) is 4.90 Å². The van der Waals surface area contributed by atoms with Gasteiger partial charge in [-0.1, -0.05) is 24.3 Å². The first-order valence-corrected chi connectivity index (χ1v) is 11.5. The summed E-state index contributed by atoms with van der Waals surface area (Å²) < 4.78 is 10.8. The van der Waals surface area contributed by atoms with Gasteiger partial charge in [-0.25, -0.2) is 9.97 Å². The molecule has 2 saturated heterocycles. The van der Waals surface area contributed by atoms with Crippen LogP contribution < -0.4 is 0 Å². The van der Waals surface area contributed by atoms with E-state index in [2.05, 4.69) is 69.6 Å². The van der Waals surface area contributed by atoms with E-state index in [1.54, 1.807) is 0 Å². The number of hydrogen-bond donors (Lipinski definition) is 0. The summed E-state index contributed by atoms with van der Waals surface area (Å²) in [6.07, 6.45) is 4.61. The van der Waals surface area contributed by atoms with Gasteiger partial charge in [0.05, 0.1) is 28.6 Å². The number of nitrogens with zero attached hydrogens (tertiary/aromatic N) is 5. The number of para-hydroxylation sites is 4. The summed E-state index contributed by atoms with van der Waals surface area (Å²) >= 11 is 0. The van der Waals surface area contributed by atoms with Crippen LogP contribution in [0.4, 0.5) is 0 Å². The number of ether oxygens (including phenoxy) is 1. The molecule has 2 aromatic heterocycles. The molecular weight excluding hydrogens is 386 g/mol. The third kappa shape index (κ3) is 3.34. The van der Waals surface area contributed by atoms with Crippen LogP contribution in [0.3, 0.4) is 0 Å². The van der Waals surface area contributed by atoms with Gasteiger partial charge in [0.15, 0.2) is 0 Å². The summed E-state index contributed by atoms with van der Waals surface area (Å²) in [6.45, 7) is 3.90. The SMILES string of the molecule is Cn1c(CN2CCC(n3c(C4CCCO4)nc4ccccc43)CC2)nc2ccccc21. The summed E-state index contributed by atoms with van der Waals surface area (Å²) in [5.74, 6) is 2.28. The summed E-state index contributed by atoms with van der Waals surface area (Å²) in [7, 11) is 2.13. The fourth-order valence-corrected chi connectivity index (χ4v) is 5.33.